The van der Waals surface area contributed by atoms with Gasteiger partial charge in [0.1, 0.15) is 4.92 Å². The molecule has 0 aliphatic rings. The number of nitrogens with one attached hydrogen (secondary N) is 1. The zero-order valence-electron chi connectivity index (χ0n) is 6.23. The highest BCUT2D eigenvalue weighted by Gasteiger charge is 2.15. The highest BCUT2D eigenvalue weighted by Crippen LogP contribution is 2.14. The number of nitro groups is 1. The molecule has 6 heteroatoms. The molecule has 1 heterocycles. The first kappa shape index (κ1) is 8.25. The Balaban J connectivity index is 2.91. The largest absolute Gasteiger partial charge is 0.433 e. The van der Waals surface area contributed by atoms with Gasteiger partial charge in [-0.15, -0.1) is 0 Å². The van der Waals surface area contributed by atoms with Gasteiger partial charge in [0, 0.05) is 7.05 Å². The third-order valence-electron chi connectivity index (χ3n) is 1.22. The highest BCUT2D eigenvalue weighted by molar-refractivity contribution is 5.91. The molecular weight excluding hydrogens is 164 g/mol. The van der Waals surface area contributed by atoms with Gasteiger partial charge in [0.2, 0.25) is 0 Å². The quantitative estimate of drug-likeness (QED) is 0.518. The minimum absolute atomic E-state index is 0.0656. The summed E-state index contributed by atoms with van der Waals surface area (Å²) in [7, 11) is 1.41. The number of carbonyl (C=O) groups excluding carboxylic acids is 1. The number of nitrogens with zero attached hydrogens (tertiary/aromatic N) is 1. The molecule has 0 saturated carbocycles. The average Bonchev–Trinajstić information content (AvgIpc) is 2.51. The molecule has 1 amide bonds. The van der Waals surface area contributed by atoms with Gasteiger partial charge >= 0.3 is 5.88 Å². The lowest BCUT2D eigenvalue weighted by atomic mass is 10.4. The Bertz CT molecular complexity index is 317. The molecule has 0 radical (unpaired) electrons. The van der Waals surface area contributed by atoms with Gasteiger partial charge in [-0.1, -0.05) is 0 Å². The van der Waals surface area contributed by atoms with Crippen LogP contribution in [-0.2, 0) is 0 Å². The number of hydrogen-bond donors (Lipinski definition) is 1. The molecule has 0 aromatic carbocycles. The summed E-state index contributed by atoms with van der Waals surface area (Å²) < 4.78 is 4.59. The van der Waals surface area contributed by atoms with E-state index < -0.39 is 16.7 Å². The van der Waals surface area contributed by atoms with Gasteiger partial charge in [0.25, 0.3) is 5.91 Å². The molecule has 0 bridgehead atoms. The fourth-order valence-electron chi connectivity index (χ4n) is 0.671. The molecule has 1 aromatic heterocycles. The minimum atomic E-state index is -0.702. The van der Waals surface area contributed by atoms with Crippen LogP contribution in [0.15, 0.2) is 16.5 Å². The van der Waals surface area contributed by atoms with Crippen molar-refractivity contribution in [3.05, 3.63) is 28.0 Å². The van der Waals surface area contributed by atoms with E-state index >= 15 is 0 Å². The van der Waals surface area contributed by atoms with E-state index in [0.29, 0.717) is 0 Å². The van der Waals surface area contributed by atoms with E-state index in [4.69, 9.17) is 0 Å². The van der Waals surface area contributed by atoms with Gasteiger partial charge in [-0.05, 0) is 6.07 Å². The molecule has 6 nitrogen and oxygen atoms in total. The second kappa shape index (κ2) is 3.04. The molecule has 1 N–H and O–H groups in total. The Kier molecular flexibility index (Phi) is 2.09. The summed E-state index contributed by atoms with van der Waals surface area (Å²) in [4.78, 5) is 20.2. The fourth-order valence-corrected chi connectivity index (χ4v) is 0.671. The van der Waals surface area contributed by atoms with Gasteiger partial charge in [0.05, 0.1) is 6.07 Å². The molecule has 0 atom stereocenters. The first-order valence-corrected chi connectivity index (χ1v) is 3.11. The van der Waals surface area contributed by atoms with Crippen LogP contribution in [0.4, 0.5) is 5.88 Å². The van der Waals surface area contributed by atoms with Gasteiger partial charge in [-0.3, -0.25) is 14.9 Å². The summed E-state index contributed by atoms with van der Waals surface area (Å²) >= 11 is 0. The van der Waals surface area contributed by atoms with Gasteiger partial charge in [-0.25, -0.2) is 0 Å². The lowest BCUT2D eigenvalue weighted by molar-refractivity contribution is -0.402. The van der Waals surface area contributed by atoms with E-state index in [-0.39, 0.29) is 5.76 Å². The molecule has 0 aliphatic heterocycles. The van der Waals surface area contributed by atoms with Crippen molar-refractivity contribution in [2.75, 3.05) is 7.05 Å². The summed E-state index contributed by atoms with van der Waals surface area (Å²) in [5.41, 5.74) is 0. The van der Waals surface area contributed by atoms with Crippen LogP contribution in [0.25, 0.3) is 0 Å². The molecule has 1 aromatic rings. The minimum Gasteiger partial charge on any atom is -0.395 e. The van der Waals surface area contributed by atoms with Crippen molar-refractivity contribution in [1.29, 1.82) is 0 Å². The van der Waals surface area contributed by atoms with Crippen LogP contribution in [0.1, 0.15) is 10.6 Å². The fraction of sp³-hybridized carbons (Fsp3) is 0.167. The van der Waals surface area contributed by atoms with Crippen LogP contribution in [0, 0.1) is 10.1 Å². The topological polar surface area (TPSA) is 85.4 Å². The Morgan fingerprint density at radius 2 is 2.33 bits per heavy atom. The van der Waals surface area contributed by atoms with Crippen molar-refractivity contribution in [2.24, 2.45) is 0 Å². The van der Waals surface area contributed by atoms with Gasteiger partial charge in [0.15, 0.2) is 5.76 Å². The van der Waals surface area contributed by atoms with Crippen LogP contribution in [0.5, 0.6) is 0 Å². The summed E-state index contributed by atoms with van der Waals surface area (Å²) in [6.07, 6.45) is 0. The van der Waals surface area contributed by atoms with E-state index in [1.165, 1.54) is 13.1 Å². The predicted molar refractivity (Wildman–Crippen MR) is 38.8 cm³/mol. The standard InChI is InChI=1S/C6H6N2O4/c1-7-6(9)4-2-3-5(12-4)8(10)11/h2-3H,1H3,(H,7,9). The number of hydrogen-bond acceptors (Lipinski definition) is 4. The molecule has 1 rings (SSSR count). The molecule has 0 aliphatic carbocycles. The number of rotatable bonds is 2. The first-order valence-electron chi connectivity index (χ1n) is 3.11. The lowest BCUT2D eigenvalue weighted by Crippen LogP contribution is -2.16. The Hall–Kier alpha value is -1.85. The third kappa shape index (κ3) is 1.42. The second-order valence-electron chi connectivity index (χ2n) is 1.97. The maximum atomic E-state index is 10.8. The lowest BCUT2D eigenvalue weighted by Gasteiger charge is -1.90. The van der Waals surface area contributed by atoms with Crippen LogP contribution in [-0.4, -0.2) is 17.9 Å². The monoisotopic (exact) mass is 170 g/mol. The number of furan rings is 1. The van der Waals surface area contributed by atoms with Crippen LogP contribution in [0.3, 0.4) is 0 Å². The average molecular weight is 170 g/mol. The zero-order valence-corrected chi connectivity index (χ0v) is 6.23. The normalized spacial score (nSPS) is 9.42. The van der Waals surface area contributed by atoms with Crippen molar-refractivity contribution in [3.63, 3.8) is 0 Å². The Labute approximate surface area is 67.3 Å². The summed E-state index contributed by atoms with van der Waals surface area (Å²) in [6.45, 7) is 0. The maximum absolute atomic E-state index is 10.8. The van der Waals surface area contributed by atoms with Crippen LogP contribution < -0.4 is 5.32 Å². The van der Waals surface area contributed by atoms with Crippen molar-refractivity contribution < 1.29 is 14.1 Å². The van der Waals surface area contributed by atoms with E-state index in [0.717, 1.165) is 6.07 Å². The molecule has 0 saturated heterocycles. The van der Waals surface area contributed by atoms with Crippen molar-refractivity contribution in [1.82, 2.24) is 5.32 Å². The molecule has 12 heavy (non-hydrogen) atoms. The third-order valence-corrected chi connectivity index (χ3v) is 1.22. The van der Waals surface area contributed by atoms with Crippen molar-refractivity contribution in [2.45, 2.75) is 0 Å². The van der Waals surface area contributed by atoms with Gasteiger partial charge in [-0.2, -0.15) is 0 Å². The van der Waals surface area contributed by atoms with Crippen LogP contribution >= 0.6 is 0 Å². The molecular formula is C6H6N2O4. The maximum Gasteiger partial charge on any atom is 0.433 e. The number of carbonyl (C=O) groups is 1. The summed E-state index contributed by atoms with van der Waals surface area (Å²) in [5, 5.41) is 12.4. The Morgan fingerprint density at radius 3 is 2.75 bits per heavy atom. The van der Waals surface area contributed by atoms with Crippen molar-refractivity contribution in [3.8, 4) is 0 Å². The van der Waals surface area contributed by atoms with E-state index in [2.05, 4.69) is 9.73 Å². The SMILES string of the molecule is CNC(=O)c1ccc([N+](=O)[O-])o1. The van der Waals surface area contributed by atoms with E-state index in [1.807, 2.05) is 0 Å². The molecule has 64 valence electrons. The smallest absolute Gasteiger partial charge is 0.395 e. The summed E-state index contributed by atoms with van der Waals surface area (Å²) in [5.74, 6) is -0.985. The number of amides is 1. The second-order valence-corrected chi connectivity index (χ2v) is 1.97. The molecule has 0 spiro atoms. The first-order chi connectivity index (χ1) is 5.65. The summed E-state index contributed by atoms with van der Waals surface area (Å²) in [6, 6.07) is 2.38. The predicted octanol–water partition coefficient (Wildman–Crippen LogP) is 0.547. The van der Waals surface area contributed by atoms with E-state index in [1.54, 1.807) is 0 Å². The highest BCUT2D eigenvalue weighted by atomic mass is 16.6. The van der Waals surface area contributed by atoms with Gasteiger partial charge < -0.3 is 9.73 Å². The Morgan fingerprint density at radius 1 is 1.67 bits per heavy atom. The van der Waals surface area contributed by atoms with Crippen LogP contribution in [0.2, 0.25) is 0 Å². The van der Waals surface area contributed by atoms with Crippen molar-refractivity contribution >= 4 is 11.8 Å². The van der Waals surface area contributed by atoms with E-state index in [9.17, 15) is 14.9 Å². The molecule has 0 fully saturated rings. The zero-order chi connectivity index (χ0) is 9.14. The molecule has 0 unspecified atom stereocenters.